The predicted molar refractivity (Wildman–Crippen MR) is 107 cm³/mol. The summed E-state index contributed by atoms with van der Waals surface area (Å²) in [4.78, 5) is 14.8. The van der Waals surface area contributed by atoms with Crippen LogP contribution in [-0.2, 0) is 4.74 Å². The minimum atomic E-state index is -0.397. The molecule has 1 saturated carbocycles. The van der Waals surface area contributed by atoms with Gasteiger partial charge in [0, 0.05) is 35.3 Å². The molecule has 2 heterocycles. The van der Waals surface area contributed by atoms with E-state index in [1.165, 1.54) is 12.1 Å². The van der Waals surface area contributed by atoms with Crippen LogP contribution in [0.15, 0.2) is 48.5 Å². The van der Waals surface area contributed by atoms with Crippen molar-refractivity contribution in [2.75, 3.05) is 11.4 Å². The van der Waals surface area contributed by atoms with Gasteiger partial charge in [0.25, 0.3) is 5.91 Å². The number of nitrogens with zero attached hydrogens (tertiary/aromatic N) is 1. The topological polar surface area (TPSA) is 65.1 Å². The van der Waals surface area contributed by atoms with Crippen LogP contribution < -0.4 is 10.2 Å². The van der Waals surface area contributed by atoms with Gasteiger partial charge in [-0.2, -0.15) is 0 Å². The first-order valence-corrected chi connectivity index (χ1v) is 10.3. The summed E-state index contributed by atoms with van der Waals surface area (Å²) in [7, 11) is 0. The molecule has 152 valence electrons. The van der Waals surface area contributed by atoms with Gasteiger partial charge >= 0.3 is 0 Å². The molecule has 4 unspecified atom stereocenters. The van der Waals surface area contributed by atoms with Crippen LogP contribution in [0.5, 0.6) is 5.75 Å². The van der Waals surface area contributed by atoms with Gasteiger partial charge in [-0.25, -0.2) is 4.39 Å². The Morgan fingerprint density at radius 3 is 2.90 bits per heavy atom. The summed E-state index contributed by atoms with van der Waals surface area (Å²) in [6.07, 6.45) is 5.19. The van der Waals surface area contributed by atoms with Crippen LogP contribution in [0.3, 0.4) is 0 Å². The maximum atomic E-state index is 13.4. The third-order valence-corrected chi connectivity index (χ3v) is 6.69. The zero-order valence-electron chi connectivity index (χ0n) is 16.2. The first kappa shape index (κ1) is 18.4. The van der Waals surface area contributed by atoms with E-state index < -0.39 is 5.82 Å². The second kappa shape index (κ2) is 7.02. The van der Waals surface area contributed by atoms with Crippen molar-refractivity contribution < 1.29 is 19.0 Å². The van der Waals surface area contributed by atoms with Crippen LogP contribution in [0.4, 0.5) is 10.1 Å². The summed E-state index contributed by atoms with van der Waals surface area (Å²) < 4.78 is 19.5. The minimum absolute atomic E-state index is 0.0446. The highest BCUT2D eigenvalue weighted by atomic mass is 19.1. The van der Waals surface area contributed by atoms with E-state index in [0.29, 0.717) is 5.56 Å². The van der Waals surface area contributed by atoms with Crippen molar-refractivity contribution in [3.05, 3.63) is 59.9 Å². The molecule has 3 aliphatic rings. The van der Waals surface area contributed by atoms with Gasteiger partial charge in [-0.05, 0) is 56.0 Å². The fourth-order valence-corrected chi connectivity index (χ4v) is 5.25. The quantitative estimate of drug-likeness (QED) is 0.774. The first-order valence-electron chi connectivity index (χ1n) is 10.3. The smallest absolute Gasteiger partial charge is 0.251 e. The monoisotopic (exact) mass is 396 g/mol. The number of ether oxygens (including phenoxy) is 1. The molecule has 5 rings (SSSR count). The summed E-state index contributed by atoms with van der Waals surface area (Å²) in [5.74, 6) is -0.346. The van der Waals surface area contributed by atoms with Gasteiger partial charge in [0.2, 0.25) is 0 Å². The van der Waals surface area contributed by atoms with Crippen molar-refractivity contribution >= 4 is 11.6 Å². The molecule has 3 fully saturated rings. The molecular weight excluding hydrogens is 371 g/mol. The second-order valence-corrected chi connectivity index (χ2v) is 8.55. The van der Waals surface area contributed by atoms with Crippen LogP contribution in [0.1, 0.15) is 42.5 Å². The fraction of sp³-hybridized carbons (Fsp3) is 0.435. The summed E-state index contributed by atoms with van der Waals surface area (Å²) >= 11 is 0. The van der Waals surface area contributed by atoms with Gasteiger partial charge in [-0.15, -0.1) is 0 Å². The van der Waals surface area contributed by atoms with Gasteiger partial charge in [0.15, 0.2) is 6.23 Å². The standard InChI is InChI=1S/C23H25FN2O3/c24-16-5-1-4-15(12-16)21(28)25-17-6-3-9-23(14-17)10-11-26(22-20(23)29-22)18-7-2-8-19(27)13-18/h1-2,4-5,7-8,12-13,17,20,22,27H,3,6,9-11,14H2,(H,25,28). The molecule has 1 amide bonds. The third-order valence-electron chi connectivity index (χ3n) is 6.69. The van der Waals surface area contributed by atoms with Gasteiger partial charge < -0.3 is 20.1 Å². The second-order valence-electron chi connectivity index (χ2n) is 8.55. The molecule has 5 nitrogen and oxygen atoms in total. The maximum Gasteiger partial charge on any atom is 0.251 e. The molecule has 2 saturated heterocycles. The lowest BCUT2D eigenvalue weighted by molar-refractivity contribution is 0.0795. The average Bonchev–Trinajstić information content (AvgIpc) is 3.51. The SMILES string of the molecule is O=C(NC1CCCC2(CCN(c3cccc(O)c3)C3OC32)C1)c1cccc(F)c1. The van der Waals surface area contributed by atoms with Crippen LogP contribution in [0.2, 0.25) is 0 Å². The predicted octanol–water partition coefficient (Wildman–Crippen LogP) is 3.83. The molecule has 6 heteroatoms. The van der Waals surface area contributed by atoms with Crippen molar-refractivity contribution in [2.45, 2.75) is 50.5 Å². The molecule has 2 aromatic rings. The van der Waals surface area contributed by atoms with Crippen molar-refractivity contribution in [3.63, 3.8) is 0 Å². The Hall–Kier alpha value is -2.60. The van der Waals surface area contributed by atoms with E-state index in [9.17, 15) is 14.3 Å². The van der Waals surface area contributed by atoms with E-state index in [1.54, 1.807) is 24.3 Å². The van der Waals surface area contributed by atoms with Crippen molar-refractivity contribution in [3.8, 4) is 5.75 Å². The Kier molecular flexibility index (Phi) is 4.46. The lowest BCUT2D eigenvalue weighted by atomic mass is 9.66. The summed E-state index contributed by atoms with van der Waals surface area (Å²) in [5, 5.41) is 12.9. The molecule has 0 aromatic heterocycles. The maximum absolute atomic E-state index is 13.4. The number of benzene rings is 2. The molecule has 1 spiro atoms. The number of nitrogens with one attached hydrogen (secondary N) is 1. The molecule has 2 aliphatic heterocycles. The van der Waals surface area contributed by atoms with E-state index >= 15 is 0 Å². The van der Waals surface area contributed by atoms with Crippen molar-refractivity contribution in [1.29, 1.82) is 0 Å². The molecule has 2 N–H and O–H groups in total. The van der Waals surface area contributed by atoms with Crippen molar-refractivity contribution in [2.24, 2.45) is 5.41 Å². The number of carbonyl (C=O) groups excluding carboxylic acids is 1. The van der Waals surface area contributed by atoms with Gasteiger partial charge in [0.05, 0.1) is 0 Å². The molecule has 2 aromatic carbocycles. The number of halogens is 1. The van der Waals surface area contributed by atoms with Gasteiger partial charge in [-0.1, -0.05) is 18.6 Å². The number of amides is 1. The number of phenols is 1. The Morgan fingerprint density at radius 2 is 2.07 bits per heavy atom. The number of rotatable bonds is 3. The highest BCUT2D eigenvalue weighted by molar-refractivity contribution is 5.94. The van der Waals surface area contributed by atoms with E-state index in [1.807, 2.05) is 12.1 Å². The molecule has 29 heavy (non-hydrogen) atoms. The number of carbonyl (C=O) groups is 1. The van der Waals surface area contributed by atoms with E-state index in [2.05, 4.69) is 10.2 Å². The lowest BCUT2D eigenvalue weighted by Crippen LogP contribution is -2.50. The number of hydrogen-bond donors (Lipinski definition) is 2. The summed E-state index contributed by atoms with van der Waals surface area (Å²) in [5.41, 5.74) is 1.43. The minimum Gasteiger partial charge on any atom is -0.508 e. The van der Waals surface area contributed by atoms with Crippen LogP contribution in [0.25, 0.3) is 0 Å². The number of phenolic OH excluding ortho intramolecular Hbond substituents is 1. The normalized spacial score (nSPS) is 30.7. The number of anilines is 1. The average molecular weight is 396 g/mol. The van der Waals surface area contributed by atoms with E-state index in [0.717, 1.165) is 44.3 Å². The molecule has 0 radical (unpaired) electrons. The number of piperidine rings is 1. The van der Waals surface area contributed by atoms with Crippen LogP contribution in [-0.4, -0.2) is 35.9 Å². The Morgan fingerprint density at radius 1 is 1.21 bits per heavy atom. The van der Waals surface area contributed by atoms with E-state index in [4.69, 9.17) is 4.74 Å². The number of hydrogen-bond acceptors (Lipinski definition) is 4. The number of epoxide rings is 1. The molecule has 4 atom stereocenters. The number of aromatic hydroxyl groups is 1. The van der Waals surface area contributed by atoms with Gasteiger partial charge in [0.1, 0.15) is 17.7 Å². The Bertz CT molecular complexity index is 936. The lowest BCUT2D eigenvalue weighted by Gasteiger charge is -2.44. The highest BCUT2D eigenvalue weighted by Crippen LogP contribution is 2.55. The van der Waals surface area contributed by atoms with Crippen molar-refractivity contribution in [1.82, 2.24) is 5.32 Å². The zero-order valence-corrected chi connectivity index (χ0v) is 16.2. The van der Waals surface area contributed by atoms with E-state index in [-0.39, 0.29) is 35.4 Å². The zero-order chi connectivity index (χ0) is 20.0. The third kappa shape index (κ3) is 3.46. The van der Waals surface area contributed by atoms with Crippen LogP contribution >= 0.6 is 0 Å². The molecule has 1 aliphatic carbocycles. The summed E-state index contributed by atoms with van der Waals surface area (Å²) in [6.45, 7) is 0.870. The Labute approximate surface area is 169 Å². The van der Waals surface area contributed by atoms with Gasteiger partial charge in [-0.3, -0.25) is 4.79 Å². The Balaban J connectivity index is 1.26. The highest BCUT2D eigenvalue weighted by Gasteiger charge is 2.61. The first-order chi connectivity index (χ1) is 14.0. The molecular formula is C23H25FN2O3. The molecule has 0 bridgehead atoms. The van der Waals surface area contributed by atoms with Crippen LogP contribution in [0, 0.1) is 11.2 Å². The summed E-state index contributed by atoms with van der Waals surface area (Å²) in [6, 6.07) is 13.2. The number of fused-ring (bicyclic) bond motifs is 2. The largest absolute Gasteiger partial charge is 0.508 e. The fourth-order valence-electron chi connectivity index (χ4n) is 5.25.